The van der Waals surface area contributed by atoms with E-state index >= 15 is 0 Å². The predicted molar refractivity (Wildman–Crippen MR) is 85.1 cm³/mol. The summed E-state index contributed by atoms with van der Waals surface area (Å²) < 4.78 is 0. The number of hydrogen-bond acceptors (Lipinski definition) is 1. The Labute approximate surface area is 119 Å². The van der Waals surface area contributed by atoms with Gasteiger partial charge in [-0.05, 0) is 40.8 Å². The fourth-order valence-corrected chi connectivity index (χ4v) is 3.23. The molecule has 1 aliphatic heterocycles. The SMILES string of the molecule is c1ccc2c(c1)CCC(c1cccc3ccccc13)N2. The molecule has 3 aromatic carbocycles. The summed E-state index contributed by atoms with van der Waals surface area (Å²) in [5, 5.41) is 6.40. The van der Waals surface area contributed by atoms with E-state index in [1.807, 2.05) is 0 Å². The number of anilines is 1. The van der Waals surface area contributed by atoms with Crippen LogP contribution in [0, 0.1) is 0 Å². The van der Waals surface area contributed by atoms with Crippen LogP contribution in [0.4, 0.5) is 5.69 Å². The second kappa shape index (κ2) is 4.68. The van der Waals surface area contributed by atoms with Crippen LogP contribution in [0.3, 0.4) is 0 Å². The predicted octanol–water partition coefficient (Wildman–Crippen LogP) is 4.94. The molecule has 0 spiro atoms. The highest BCUT2D eigenvalue weighted by Crippen LogP contribution is 2.35. The maximum Gasteiger partial charge on any atom is 0.0523 e. The molecule has 0 saturated heterocycles. The van der Waals surface area contributed by atoms with Gasteiger partial charge in [-0.2, -0.15) is 0 Å². The smallest absolute Gasteiger partial charge is 0.0523 e. The molecule has 1 aliphatic rings. The van der Waals surface area contributed by atoms with Crippen molar-refractivity contribution in [2.24, 2.45) is 0 Å². The number of benzene rings is 3. The van der Waals surface area contributed by atoms with E-state index in [1.165, 1.54) is 27.6 Å². The van der Waals surface area contributed by atoms with Crippen LogP contribution >= 0.6 is 0 Å². The molecule has 0 aliphatic carbocycles. The molecular weight excluding hydrogens is 242 g/mol. The molecule has 1 heterocycles. The standard InChI is InChI=1S/C19H17N/c1-3-9-16-14(6-1)8-5-10-17(16)19-13-12-15-7-2-4-11-18(15)20-19/h1-11,19-20H,12-13H2. The molecule has 3 aromatic rings. The van der Waals surface area contributed by atoms with Gasteiger partial charge < -0.3 is 5.32 Å². The molecule has 1 N–H and O–H groups in total. The molecule has 1 heteroatoms. The van der Waals surface area contributed by atoms with Crippen LogP contribution in [0.1, 0.15) is 23.6 Å². The Kier molecular flexibility index (Phi) is 2.70. The highest BCUT2D eigenvalue weighted by molar-refractivity contribution is 5.86. The molecule has 0 aromatic heterocycles. The van der Waals surface area contributed by atoms with E-state index in [-0.39, 0.29) is 0 Å². The second-order valence-electron chi connectivity index (χ2n) is 5.46. The van der Waals surface area contributed by atoms with Gasteiger partial charge in [-0.3, -0.25) is 0 Å². The highest BCUT2D eigenvalue weighted by Gasteiger charge is 2.19. The molecule has 0 fully saturated rings. The third-order valence-electron chi connectivity index (χ3n) is 4.25. The molecule has 1 atom stereocenters. The first-order valence-corrected chi connectivity index (χ1v) is 7.24. The van der Waals surface area contributed by atoms with Gasteiger partial charge in [-0.1, -0.05) is 60.7 Å². The van der Waals surface area contributed by atoms with Crippen molar-refractivity contribution in [3.63, 3.8) is 0 Å². The van der Waals surface area contributed by atoms with Gasteiger partial charge in [0.25, 0.3) is 0 Å². The Morgan fingerprint density at radius 2 is 1.60 bits per heavy atom. The van der Waals surface area contributed by atoms with E-state index in [4.69, 9.17) is 0 Å². The van der Waals surface area contributed by atoms with Crippen LogP contribution in [0.25, 0.3) is 10.8 Å². The van der Waals surface area contributed by atoms with Crippen molar-refractivity contribution in [1.29, 1.82) is 0 Å². The lowest BCUT2D eigenvalue weighted by molar-refractivity contribution is 0.672. The zero-order valence-electron chi connectivity index (χ0n) is 11.3. The number of rotatable bonds is 1. The van der Waals surface area contributed by atoms with Crippen molar-refractivity contribution in [1.82, 2.24) is 0 Å². The summed E-state index contributed by atoms with van der Waals surface area (Å²) >= 11 is 0. The van der Waals surface area contributed by atoms with E-state index in [1.54, 1.807) is 0 Å². The molecule has 0 saturated carbocycles. The van der Waals surface area contributed by atoms with Crippen LogP contribution in [0.2, 0.25) is 0 Å². The van der Waals surface area contributed by atoms with Crippen molar-refractivity contribution in [3.8, 4) is 0 Å². The van der Waals surface area contributed by atoms with Gasteiger partial charge in [0.05, 0.1) is 6.04 Å². The zero-order valence-corrected chi connectivity index (χ0v) is 11.3. The van der Waals surface area contributed by atoms with Crippen molar-refractivity contribution < 1.29 is 0 Å². The maximum absolute atomic E-state index is 3.71. The molecule has 0 radical (unpaired) electrons. The molecule has 20 heavy (non-hydrogen) atoms. The van der Waals surface area contributed by atoms with Crippen LogP contribution in [-0.4, -0.2) is 0 Å². The van der Waals surface area contributed by atoms with Crippen molar-refractivity contribution in [2.45, 2.75) is 18.9 Å². The van der Waals surface area contributed by atoms with Crippen LogP contribution in [0.15, 0.2) is 66.7 Å². The van der Waals surface area contributed by atoms with Crippen LogP contribution in [-0.2, 0) is 6.42 Å². The number of para-hydroxylation sites is 1. The fourth-order valence-electron chi connectivity index (χ4n) is 3.23. The summed E-state index contributed by atoms with van der Waals surface area (Å²) in [5.41, 5.74) is 4.14. The van der Waals surface area contributed by atoms with Crippen molar-refractivity contribution in [2.75, 3.05) is 5.32 Å². The Bertz CT molecular complexity index is 755. The van der Waals surface area contributed by atoms with Gasteiger partial charge in [0.15, 0.2) is 0 Å². The summed E-state index contributed by atoms with van der Waals surface area (Å²) in [6, 6.07) is 24.3. The number of aryl methyl sites for hydroxylation is 1. The molecule has 98 valence electrons. The minimum atomic E-state index is 0.413. The average molecular weight is 259 g/mol. The lowest BCUT2D eigenvalue weighted by Gasteiger charge is -2.28. The van der Waals surface area contributed by atoms with Crippen LogP contribution < -0.4 is 5.32 Å². The summed E-state index contributed by atoms with van der Waals surface area (Å²) in [6.07, 6.45) is 2.31. The monoisotopic (exact) mass is 259 g/mol. The minimum Gasteiger partial charge on any atom is -0.378 e. The van der Waals surface area contributed by atoms with Crippen molar-refractivity contribution in [3.05, 3.63) is 77.9 Å². The normalized spacial score (nSPS) is 17.5. The molecule has 4 rings (SSSR count). The first kappa shape index (κ1) is 11.5. The van der Waals surface area contributed by atoms with Gasteiger partial charge in [0.2, 0.25) is 0 Å². The van der Waals surface area contributed by atoms with Gasteiger partial charge in [0, 0.05) is 5.69 Å². The lowest BCUT2D eigenvalue weighted by atomic mass is 9.90. The first-order chi connectivity index (χ1) is 9.92. The Hall–Kier alpha value is -2.28. The number of fused-ring (bicyclic) bond motifs is 2. The van der Waals surface area contributed by atoms with E-state index in [0.717, 1.165) is 12.8 Å². The van der Waals surface area contributed by atoms with Crippen molar-refractivity contribution >= 4 is 16.5 Å². The Morgan fingerprint density at radius 3 is 2.60 bits per heavy atom. The lowest BCUT2D eigenvalue weighted by Crippen LogP contribution is -2.18. The summed E-state index contributed by atoms with van der Waals surface area (Å²) in [5.74, 6) is 0. The number of nitrogens with one attached hydrogen (secondary N) is 1. The fraction of sp³-hybridized carbons (Fsp3) is 0.158. The first-order valence-electron chi connectivity index (χ1n) is 7.24. The van der Waals surface area contributed by atoms with Gasteiger partial charge in [-0.15, -0.1) is 0 Å². The van der Waals surface area contributed by atoms with Gasteiger partial charge >= 0.3 is 0 Å². The maximum atomic E-state index is 3.71. The highest BCUT2D eigenvalue weighted by atomic mass is 14.9. The molecule has 1 unspecified atom stereocenters. The van der Waals surface area contributed by atoms with E-state index in [9.17, 15) is 0 Å². The average Bonchev–Trinajstić information content (AvgIpc) is 2.54. The second-order valence-corrected chi connectivity index (χ2v) is 5.46. The topological polar surface area (TPSA) is 12.0 Å². The minimum absolute atomic E-state index is 0.413. The largest absolute Gasteiger partial charge is 0.378 e. The van der Waals surface area contributed by atoms with E-state index < -0.39 is 0 Å². The molecular formula is C19H17N. The summed E-state index contributed by atoms with van der Waals surface area (Å²) in [6.45, 7) is 0. The third-order valence-corrected chi connectivity index (χ3v) is 4.25. The zero-order chi connectivity index (χ0) is 13.4. The van der Waals surface area contributed by atoms with Gasteiger partial charge in [0.1, 0.15) is 0 Å². The Balaban J connectivity index is 1.78. The van der Waals surface area contributed by atoms with Crippen LogP contribution in [0.5, 0.6) is 0 Å². The van der Waals surface area contributed by atoms with Gasteiger partial charge in [-0.25, -0.2) is 0 Å². The Morgan fingerprint density at radius 1 is 0.800 bits per heavy atom. The third kappa shape index (κ3) is 1.87. The summed E-state index contributed by atoms with van der Waals surface area (Å²) in [7, 11) is 0. The molecule has 0 amide bonds. The van der Waals surface area contributed by atoms with E-state index in [0.29, 0.717) is 6.04 Å². The summed E-state index contributed by atoms with van der Waals surface area (Å²) in [4.78, 5) is 0. The van der Waals surface area contributed by atoms with E-state index in [2.05, 4.69) is 72.0 Å². The molecule has 1 nitrogen and oxygen atoms in total. The molecule has 0 bridgehead atoms. The quantitative estimate of drug-likeness (QED) is 0.652. The number of hydrogen-bond donors (Lipinski definition) is 1.